The maximum absolute atomic E-state index is 5.43. The second-order valence-corrected chi connectivity index (χ2v) is 4.22. The number of rotatable bonds is 3. The van der Waals surface area contributed by atoms with Crippen molar-refractivity contribution in [2.24, 2.45) is 5.73 Å². The molecule has 0 aliphatic carbocycles. The molecule has 2 aromatic rings. The quantitative estimate of drug-likeness (QED) is 0.911. The van der Waals surface area contributed by atoms with Crippen molar-refractivity contribution >= 4 is 12.4 Å². The Morgan fingerprint density at radius 2 is 1.89 bits per heavy atom. The van der Waals surface area contributed by atoms with Crippen LogP contribution in [0.15, 0.2) is 28.8 Å². The molecule has 0 amide bonds. The Bertz CT molecular complexity index is 503. The number of aromatic nitrogens is 2. The van der Waals surface area contributed by atoms with Crippen LogP contribution in [0.2, 0.25) is 0 Å². The second-order valence-electron chi connectivity index (χ2n) is 4.22. The molecule has 2 heterocycles. The molecule has 1 aliphatic heterocycles. The zero-order valence-corrected chi connectivity index (χ0v) is 10.7. The molecule has 96 valence electrons. The number of nitrogens with two attached hydrogens (primary N) is 1. The minimum atomic E-state index is 0. The molecular weight excluding hydrogens is 252 g/mol. The van der Waals surface area contributed by atoms with Gasteiger partial charge in [-0.15, -0.1) is 12.4 Å². The Labute approximate surface area is 111 Å². The van der Waals surface area contributed by atoms with Crippen LogP contribution >= 0.6 is 12.4 Å². The molecule has 1 aromatic carbocycles. The van der Waals surface area contributed by atoms with Crippen molar-refractivity contribution in [3.63, 3.8) is 0 Å². The number of nitrogens with zero attached hydrogens (tertiary/aromatic N) is 3. The number of hydrogen-bond donors (Lipinski definition) is 1. The van der Waals surface area contributed by atoms with E-state index in [-0.39, 0.29) is 12.4 Å². The van der Waals surface area contributed by atoms with Crippen LogP contribution in [0.1, 0.15) is 22.8 Å². The van der Waals surface area contributed by atoms with Gasteiger partial charge in [0.05, 0.1) is 13.1 Å². The first-order valence-corrected chi connectivity index (χ1v) is 5.66. The van der Waals surface area contributed by atoms with Gasteiger partial charge in [-0.25, -0.2) is 0 Å². The van der Waals surface area contributed by atoms with Crippen LogP contribution in [0.3, 0.4) is 0 Å². The number of hydrogen-bond acceptors (Lipinski definition) is 5. The van der Waals surface area contributed by atoms with Gasteiger partial charge >= 0.3 is 0 Å². The zero-order valence-electron chi connectivity index (χ0n) is 9.87. The van der Waals surface area contributed by atoms with Gasteiger partial charge in [0.25, 0.3) is 0 Å². The van der Waals surface area contributed by atoms with E-state index < -0.39 is 0 Å². The van der Waals surface area contributed by atoms with Crippen LogP contribution in [0.25, 0.3) is 0 Å². The maximum Gasteiger partial charge on any atom is 0.240 e. The molecular formula is C12H15ClN4O. The van der Waals surface area contributed by atoms with Gasteiger partial charge in [0, 0.05) is 13.1 Å². The van der Waals surface area contributed by atoms with E-state index in [1.807, 2.05) is 0 Å². The molecule has 0 spiro atoms. The third kappa shape index (κ3) is 2.53. The predicted molar refractivity (Wildman–Crippen MR) is 68.8 cm³/mol. The molecule has 3 rings (SSSR count). The van der Waals surface area contributed by atoms with Gasteiger partial charge in [-0.1, -0.05) is 29.4 Å². The number of benzene rings is 1. The summed E-state index contributed by atoms with van der Waals surface area (Å²) in [5, 5.41) is 3.91. The molecule has 1 aliphatic rings. The van der Waals surface area contributed by atoms with Crippen LogP contribution in [-0.4, -0.2) is 15.0 Å². The summed E-state index contributed by atoms with van der Waals surface area (Å²) < 4.78 is 4.99. The lowest BCUT2D eigenvalue weighted by Crippen LogP contribution is -2.16. The summed E-state index contributed by atoms with van der Waals surface area (Å²) in [5.41, 5.74) is 8.20. The van der Waals surface area contributed by atoms with Crippen molar-refractivity contribution in [1.82, 2.24) is 15.0 Å². The van der Waals surface area contributed by atoms with Crippen molar-refractivity contribution in [2.45, 2.75) is 26.2 Å². The van der Waals surface area contributed by atoms with Gasteiger partial charge in [-0.3, -0.25) is 4.90 Å². The van der Waals surface area contributed by atoms with Crippen molar-refractivity contribution in [1.29, 1.82) is 0 Å². The monoisotopic (exact) mass is 266 g/mol. The molecule has 1 aromatic heterocycles. The topological polar surface area (TPSA) is 68.2 Å². The average Bonchev–Trinajstić information content (AvgIpc) is 2.94. The smallest absolute Gasteiger partial charge is 0.240 e. The van der Waals surface area contributed by atoms with E-state index in [2.05, 4.69) is 39.3 Å². The first-order valence-electron chi connectivity index (χ1n) is 5.66. The van der Waals surface area contributed by atoms with Gasteiger partial charge in [-0.05, 0) is 11.1 Å². The Morgan fingerprint density at radius 1 is 1.22 bits per heavy atom. The summed E-state index contributed by atoms with van der Waals surface area (Å²) in [6.45, 7) is 2.90. The molecule has 0 fully saturated rings. The highest BCUT2D eigenvalue weighted by Crippen LogP contribution is 2.23. The summed E-state index contributed by atoms with van der Waals surface area (Å²) >= 11 is 0. The van der Waals surface area contributed by atoms with E-state index >= 15 is 0 Å². The minimum absolute atomic E-state index is 0. The zero-order chi connectivity index (χ0) is 11.7. The van der Waals surface area contributed by atoms with Crippen LogP contribution in [-0.2, 0) is 26.2 Å². The Balaban J connectivity index is 0.00000120. The molecule has 6 heteroatoms. The molecule has 0 radical (unpaired) electrons. The third-order valence-corrected chi connectivity index (χ3v) is 2.96. The van der Waals surface area contributed by atoms with E-state index in [1.54, 1.807) is 0 Å². The largest absolute Gasteiger partial charge is 0.338 e. The Hall–Kier alpha value is -1.43. The highest BCUT2D eigenvalue weighted by molar-refractivity contribution is 5.85. The molecule has 18 heavy (non-hydrogen) atoms. The third-order valence-electron chi connectivity index (χ3n) is 2.96. The van der Waals surface area contributed by atoms with Gasteiger partial charge in [-0.2, -0.15) is 4.98 Å². The minimum Gasteiger partial charge on any atom is -0.338 e. The second kappa shape index (κ2) is 5.48. The molecule has 2 N–H and O–H groups in total. The fourth-order valence-electron chi connectivity index (χ4n) is 2.15. The summed E-state index contributed by atoms with van der Waals surface area (Å²) in [4.78, 5) is 6.50. The van der Waals surface area contributed by atoms with Gasteiger partial charge in [0.2, 0.25) is 5.89 Å². The van der Waals surface area contributed by atoms with Crippen molar-refractivity contribution < 1.29 is 4.52 Å². The molecule has 0 bridgehead atoms. The lowest BCUT2D eigenvalue weighted by molar-refractivity contribution is 0.262. The van der Waals surface area contributed by atoms with Gasteiger partial charge in [0.1, 0.15) is 0 Å². The van der Waals surface area contributed by atoms with Crippen LogP contribution in [0, 0.1) is 0 Å². The van der Waals surface area contributed by atoms with E-state index in [1.165, 1.54) is 11.1 Å². The average molecular weight is 267 g/mol. The first kappa shape index (κ1) is 13.0. The first-order chi connectivity index (χ1) is 8.35. The van der Waals surface area contributed by atoms with Gasteiger partial charge < -0.3 is 10.3 Å². The molecule has 0 atom stereocenters. The summed E-state index contributed by atoms with van der Waals surface area (Å²) in [7, 11) is 0. The Morgan fingerprint density at radius 3 is 2.44 bits per heavy atom. The van der Waals surface area contributed by atoms with Crippen LogP contribution < -0.4 is 5.73 Å². The Kier molecular flexibility index (Phi) is 3.96. The van der Waals surface area contributed by atoms with Crippen molar-refractivity contribution in [3.8, 4) is 0 Å². The molecule has 0 unspecified atom stereocenters. The molecule has 0 saturated carbocycles. The fourth-order valence-corrected chi connectivity index (χ4v) is 2.15. The van der Waals surface area contributed by atoms with Crippen LogP contribution in [0.4, 0.5) is 0 Å². The van der Waals surface area contributed by atoms with Crippen LogP contribution in [0.5, 0.6) is 0 Å². The summed E-state index contributed by atoms with van der Waals surface area (Å²) in [6, 6.07) is 8.47. The highest BCUT2D eigenvalue weighted by atomic mass is 35.5. The van der Waals surface area contributed by atoms with E-state index in [0.29, 0.717) is 24.8 Å². The predicted octanol–water partition coefficient (Wildman–Crippen LogP) is 1.47. The van der Waals surface area contributed by atoms with E-state index in [4.69, 9.17) is 10.3 Å². The molecule has 5 nitrogen and oxygen atoms in total. The SMILES string of the molecule is Cl.NCc1nc(CN2Cc3ccccc3C2)no1. The maximum atomic E-state index is 5.43. The molecule has 0 saturated heterocycles. The standard InChI is InChI=1S/C12H14N4O.ClH/c13-5-12-14-11(15-17-12)8-16-6-9-3-1-2-4-10(9)7-16;/h1-4H,5-8,13H2;1H. The number of fused-ring (bicyclic) bond motifs is 1. The lowest BCUT2D eigenvalue weighted by Gasteiger charge is -2.10. The fraction of sp³-hybridized carbons (Fsp3) is 0.333. The highest BCUT2D eigenvalue weighted by Gasteiger charge is 2.19. The lowest BCUT2D eigenvalue weighted by atomic mass is 10.1. The van der Waals surface area contributed by atoms with Gasteiger partial charge in [0.15, 0.2) is 5.82 Å². The van der Waals surface area contributed by atoms with E-state index in [9.17, 15) is 0 Å². The van der Waals surface area contributed by atoms with Crippen molar-refractivity contribution in [3.05, 3.63) is 47.1 Å². The normalized spacial score (nSPS) is 14.3. The summed E-state index contributed by atoms with van der Waals surface area (Å²) in [6.07, 6.45) is 0. The summed E-state index contributed by atoms with van der Waals surface area (Å²) in [5.74, 6) is 1.20. The van der Waals surface area contributed by atoms with Crippen molar-refractivity contribution in [2.75, 3.05) is 0 Å². The number of halogens is 1. The van der Waals surface area contributed by atoms with E-state index in [0.717, 1.165) is 13.1 Å².